The summed E-state index contributed by atoms with van der Waals surface area (Å²) in [4.78, 5) is 4.05. The Labute approximate surface area is 154 Å². The van der Waals surface area contributed by atoms with Crippen molar-refractivity contribution in [3.63, 3.8) is 0 Å². The third kappa shape index (κ3) is 3.56. The first-order chi connectivity index (χ1) is 12.6. The van der Waals surface area contributed by atoms with Gasteiger partial charge in [0.1, 0.15) is 5.82 Å². The lowest BCUT2D eigenvalue weighted by Gasteiger charge is -2.31. The van der Waals surface area contributed by atoms with E-state index in [1.54, 1.807) is 6.07 Å². The molecular weight excluding hydrogens is 362 g/mol. The summed E-state index contributed by atoms with van der Waals surface area (Å²) in [6.07, 6.45) is -4.26. The summed E-state index contributed by atoms with van der Waals surface area (Å²) in [6.45, 7) is 2.22. The summed E-state index contributed by atoms with van der Waals surface area (Å²) in [6, 6.07) is 8.27. The Morgan fingerprint density at radius 1 is 1.22 bits per heavy atom. The van der Waals surface area contributed by atoms with Gasteiger partial charge in [-0.1, -0.05) is 6.92 Å². The highest BCUT2D eigenvalue weighted by molar-refractivity contribution is 5.61. The number of hydrogen-bond donors (Lipinski definition) is 3. The van der Waals surface area contributed by atoms with E-state index in [4.69, 9.17) is 5.73 Å². The SMILES string of the molecule is CC1(c2cc(-c3ccc(F)cc3)nc(C(O)(CN)C(F)(F)F)c2)CCNC1. The minimum atomic E-state index is -4.98. The first-order valence-electron chi connectivity index (χ1n) is 8.58. The van der Waals surface area contributed by atoms with Crippen LogP contribution in [0.15, 0.2) is 36.4 Å². The van der Waals surface area contributed by atoms with Crippen LogP contribution in [-0.4, -0.2) is 35.9 Å². The molecule has 0 bridgehead atoms. The van der Waals surface area contributed by atoms with Gasteiger partial charge in [0.25, 0.3) is 0 Å². The molecule has 4 N–H and O–H groups in total. The number of nitrogens with two attached hydrogens (primary N) is 1. The Bertz CT molecular complexity index is 817. The Morgan fingerprint density at radius 3 is 2.41 bits per heavy atom. The van der Waals surface area contributed by atoms with Crippen molar-refractivity contribution in [3.8, 4) is 11.3 Å². The number of nitrogens with one attached hydrogen (secondary N) is 1. The second-order valence-corrected chi connectivity index (χ2v) is 7.18. The molecule has 27 heavy (non-hydrogen) atoms. The molecule has 8 heteroatoms. The minimum absolute atomic E-state index is 0.228. The number of nitrogens with zero attached hydrogens (tertiary/aromatic N) is 1. The zero-order valence-electron chi connectivity index (χ0n) is 14.8. The van der Waals surface area contributed by atoms with Gasteiger partial charge in [0.15, 0.2) is 0 Å². The predicted octanol–water partition coefficient (Wildman–Crippen LogP) is 2.85. The molecule has 1 aromatic heterocycles. The van der Waals surface area contributed by atoms with E-state index in [9.17, 15) is 22.7 Å². The van der Waals surface area contributed by atoms with Crippen molar-refractivity contribution in [2.75, 3.05) is 19.6 Å². The summed E-state index contributed by atoms with van der Waals surface area (Å²) in [5.74, 6) is -0.462. The maximum Gasteiger partial charge on any atom is 0.424 e. The van der Waals surface area contributed by atoms with Gasteiger partial charge in [-0.2, -0.15) is 13.2 Å². The van der Waals surface area contributed by atoms with Gasteiger partial charge in [-0.3, -0.25) is 0 Å². The fraction of sp³-hybridized carbons (Fsp3) is 0.421. The van der Waals surface area contributed by atoms with Crippen LogP contribution in [0.3, 0.4) is 0 Å². The Balaban J connectivity index is 2.21. The molecule has 0 amide bonds. The molecule has 3 rings (SSSR count). The molecule has 1 aliphatic rings. The summed E-state index contributed by atoms with van der Waals surface area (Å²) < 4.78 is 53.9. The summed E-state index contributed by atoms with van der Waals surface area (Å²) in [5, 5.41) is 13.5. The molecule has 2 unspecified atom stereocenters. The highest BCUT2D eigenvalue weighted by Gasteiger charge is 2.55. The highest BCUT2D eigenvalue weighted by atomic mass is 19.4. The number of benzene rings is 1. The van der Waals surface area contributed by atoms with Crippen molar-refractivity contribution in [1.82, 2.24) is 10.3 Å². The number of hydrogen-bond acceptors (Lipinski definition) is 4. The third-order valence-electron chi connectivity index (χ3n) is 5.22. The number of aliphatic hydroxyl groups is 1. The van der Waals surface area contributed by atoms with Gasteiger partial charge in [0, 0.05) is 24.1 Å². The molecular formula is C19H21F4N3O. The molecule has 2 atom stereocenters. The quantitative estimate of drug-likeness (QED) is 0.710. The lowest BCUT2D eigenvalue weighted by Crippen LogP contribution is -2.49. The number of halogens is 4. The van der Waals surface area contributed by atoms with Crippen LogP contribution in [-0.2, 0) is 11.0 Å². The predicted molar refractivity (Wildman–Crippen MR) is 93.5 cm³/mol. The topological polar surface area (TPSA) is 71.2 Å². The lowest BCUT2D eigenvalue weighted by molar-refractivity contribution is -0.263. The molecule has 0 radical (unpaired) electrons. The molecule has 0 saturated carbocycles. The fourth-order valence-electron chi connectivity index (χ4n) is 3.29. The molecule has 2 heterocycles. The maximum atomic E-state index is 13.5. The van der Waals surface area contributed by atoms with Crippen molar-refractivity contribution in [2.24, 2.45) is 5.73 Å². The number of pyridine rings is 1. The van der Waals surface area contributed by atoms with Gasteiger partial charge in [-0.15, -0.1) is 0 Å². The molecule has 2 aromatic rings. The first-order valence-corrected chi connectivity index (χ1v) is 8.58. The van der Waals surface area contributed by atoms with E-state index in [0.717, 1.165) is 13.0 Å². The molecule has 1 fully saturated rings. The molecule has 1 saturated heterocycles. The van der Waals surface area contributed by atoms with Crippen molar-refractivity contribution in [3.05, 3.63) is 53.5 Å². The largest absolute Gasteiger partial charge is 0.424 e. The average molecular weight is 383 g/mol. The summed E-state index contributed by atoms with van der Waals surface area (Å²) >= 11 is 0. The molecule has 0 aliphatic carbocycles. The molecule has 0 spiro atoms. The van der Waals surface area contributed by atoms with Gasteiger partial charge in [-0.25, -0.2) is 9.37 Å². The Hall–Kier alpha value is -2.03. The van der Waals surface area contributed by atoms with Gasteiger partial charge in [-0.05, 0) is 54.9 Å². The van der Waals surface area contributed by atoms with Crippen molar-refractivity contribution >= 4 is 0 Å². The van der Waals surface area contributed by atoms with Crippen LogP contribution in [0.1, 0.15) is 24.6 Å². The van der Waals surface area contributed by atoms with Gasteiger partial charge in [0.05, 0.1) is 11.4 Å². The molecule has 1 aliphatic heterocycles. The van der Waals surface area contributed by atoms with E-state index in [2.05, 4.69) is 10.3 Å². The van der Waals surface area contributed by atoms with Crippen molar-refractivity contribution in [1.29, 1.82) is 0 Å². The summed E-state index contributed by atoms with van der Waals surface area (Å²) in [5.41, 5.74) is 2.37. The zero-order chi connectivity index (χ0) is 19.9. The van der Waals surface area contributed by atoms with E-state index in [-0.39, 0.29) is 5.69 Å². The van der Waals surface area contributed by atoms with Crippen LogP contribution in [0.2, 0.25) is 0 Å². The minimum Gasteiger partial charge on any atom is -0.374 e. The van der Waals surface area contributed by atoms with Gasteiger partial charge in [0.2, 0.25) is 5.60 Å². The normalized spacial score (nSPS) is 22.6. The molecule has 146 valence electrons. The number of alkyl halides is 3. The van der Waals surface area contributed by atoms with Crippen molar-refractivity contribution < 1.29 is 22.7 Å². The van der Waals surface area contributed by atoms with Crippen LogP contribution in [0.4, 0.5) is 17.6 Å². The lowest BCUT2D eigenvalue weighted by atomic mass is 9.80. The van der Waals surface area contributed by atoms with E-state index < -0.39 is 35.2 Å². The van der Waals surface area contributed by atoms with Gasteiger partial charge >= 0.3 is 6.18 Å². The monoisotopic (exact) mass is 383 g/mol. The number of rotatable bonds is 4. The van der Waals surface area contributed by atoms with Crippen LogP contribution in [0, 0.1) is 5.82 Å². The van der Waals surface area contributed by atoms with Crippen LogP contribution < -0.4 is 11.1 Å². The zero-order valence-corrected chi connectivity index (χ0v) is 14.8. The first kappa shape index (κ1) is 19.7. The second-order valence-electron chi connectivity index (χ2n) is 7.18. The summed E-state index contributed by atoms with van der Waals surface area (Å²) in [7, 11) is 0. The fourth-order valence-corrected chi connectivity index (χ4v) is 3.29. The number of aromatic nitrogens is 1. The van der Waals surface area contributed by atoms with Crippen LogP contribution in [0.25, 0.3) is 11.3 Å². The Kier molecular flexibility index (Phi) is 5.00. The average Bonchev–Trinajstić information content (AvgIpc) is 3.08. The Morgan fingerprint density at radius 2 is 1.89 bits per heavy atom. The third-order valence-corrected chi connectivity index (χ3v) is 5.22. The van der Waals surface area contributed by atoms with E-state index in [1.165, 1.54) is 30.3 Å². The highest BCUT2D eigenvalue weighted by Crippen LogP contribution is 2.40. The molecule has 1 aromatic carbocycles. The van der Waals surface area contributed by atoms with Gasteiger partial charge < -0.3 is 16.2 Å². The van der Waals surface area contributed by atoms with E-state index >= 15 is 0 Å². The van der Waals surface area contributed by atoms with Crippen molar-refractivity contribution in [2.45, 2.75) is 30.5 Å². The van der Waals surface area contributed by atoms with E-state index in [1.807, 2.05) is 6.92 Å². The van der Waals surface area contributed by atoms with Crippen LogP contribution >= 0.6 is 0 Å². The second kappa shape index (κ2) is 6.85. The van der Waals surface area contributed by atoms with E-state index in [0.29, 0.717) is 17.7 Å². The van der Waals surface area contributed by atoms with Crippen LogP contribution in [0.5, 0.6) is 0 Å². The maximum absolute atomic E-state index is 13.5. The standard InChI is InChI=1S/C19H21F4N3O/c1-17(6-7-25-11-17)13-8-15(12-2-4-14(20)5-3-12)26-16(9-13)18(27,10-24)19(21,22)23/h2-5,8-9,25,27H,6-7,10-11,24H2,1H3. The molecule has 4 nitrogen and oxygen atoms in total. The smallest absolute Gasteiger partial charge is 0.374 e.